The predicted molar refractivity (Wildman–Crippen MR) is 67.0 cm³/mol. The molecular formula is C14H17FO7. The highest BCUT2D eigenvalue weighted by Gasteiger charge is 2.83. The Morgan fingerprint density at radius 2 is 1.55 bits per heavy atom. The molecule has 0 aromatic heterocycles. The molecule has 1 aliphatic heterocycles. The molecule has 3 aliphatic rings. The van der Waals surface area contributed by atoms with Crippen LogP contribution in [-0.4, -0.2) is 47.7 Å². The van der Waals surface area contributed by atoms with Crippen LogP contribution in [0, 0.1) is 5.92 Å². The maximum atomic E-state index is 14.8. The lowest BCUT2D eigenvalue weighted by molar-refractivity contribution is -0.196. The quantitative estimate of drug-likeness (QED) is 0.557. The molecule has 2 saturated carbocycles. The molecule has 0 aromatic rings. The van der Waals surface area contributed by atoms with Crippen LogP contribution in [-0.2, 0) is 33.3 Å². The largest absolute Gasteiger partial charge is 0.456 e. The average molecular weight is 316 g/mol. The van der Waals surface area contributed by atoms with Gasteiger partial charge in [0.25, 0.3) is 0 Å². The molecule has 0 N–H and O–H groups in total. The van der Waals surface area contributed by atoms with Gasteiger partial charge in [0.1, 0.15) is 11.7 Å². The SMILES string of the molecule is CC(=O)OC1O[C@@H]2[C@@]3(OC(C)=O)C[C@H]3C[C@]2(OC(C)=O)[C@@H]1F. The third-order valence-corrected chi connectivity index (χ3v) is 4.47. The summed E-state index contributed by atoms with van der Waals surface area (Å²) in [6, 6.07) is 0. The van der Waals surface area contributed by atoms with Gasteiger partial charge in [-0.15, -0.1) is 0 Å². The molecule has 8 heteroatoms. The number of halogens is 1. The van der Waals surface area contributed by atoms with E-state index in [1.165, 1.54) is 13.8 Å². The van der Waals surface area contributed by atoms with Crippen LogP contribution < -0.4 is 0 Å². The highest BCUT2D eigenvalue weighted by molar-refractivity contribution is 5.69. The fourth-order valence-electron chi connectivity index (χ4n) is 3.84. The topological polar surface area (TPSA) is 88.1 Å². The average Bonchev–Trinajstić information content (AvgIpc) is 2.87. The van der Waals surface area contributed by atoms with Gasteiger partial charge in [0, 0.05) is 33.1 Å². The molecule has 0 amide bonds. The van der Waals surface area contributed by atoms with Gasteiger partial charge in [-0.25, -0.2) is 4.39 Å². The zero-order chi connectivity index (χ0) is 16.3. The Hall–Kier alpha value is -1.70. The van der Waals surface area contributed by atoms with Gasteiger partial charge in [0.2, 0.25) is 12.5 Å². The Labute approximate surface area is 126 Å². The Morgan fingerprint density at radius 3 is 2.09 bits per heavy atom. The minimum Gasteiger partial charge on any atom is -0.456 e. The molecule has 1 unspecified atom stereocenters. The summed E-state index contributed by atoms with van der Waals surface area (Å²) in [5.41, 5.74) is -2.58. The summed E-state index contributed by atoms with van der Waals surface area (Å²) in [7, 11) is 0. The number of alkyl halides is 1. The second-order valence-electron chi connectivity index (χ2n) is 6.10. The minimum atomic E-state index is -1.83. The Kier molecular flexibility index (Phi) is 3.21. The van der Waals surface area contributed by atoms with Crippen molar-refractivity contribution in [2.45, 2.75) is 63.4 Å². The van der Waals surface area contributed by atoms with Crippen molar-refractivity contribution in [2.75, 3.05) is 0 Å². The van der Waals surface area contributed by atoms with Crippen molar-refractivity contribution in [3.63, 3.8) is 0 Å². The lowest BCUT2D eigenvalue weighted by atomic mass is 9.90. The van der Waals surface area contributed by atoms with Gasteiger partial charge in [0.05, 0.1) is 0 Å². The molecule has 1 heterocycles. The molecule has 0 aromatic carbocycles. The van der Waals surface area contributed by atoms with Gasteiger partial charge < -0.3 is 18.9 Å². The summed E-state index contributed by atoms with van der Waals surface area (Å²) >= 11 is 0. The second-order valence-corrected chi connectivity index (χ2v) is 6.10. The van der Waals surface area contributed by atoms with Gasteiger partial charge in [-0.05, 0) is 6.42 Å². The molecule has 22 heavy (non-hydrogen) atoms. The van der Waals surface area contributed by atoms with Crippen LogP contribution in [0.2, 0.25) is 0 Å². The van der Waals surface area contributed by atoms with E-state index < -0.39 is 47.7 Å². The molecule has 2 aliphatic carbocycles. The summed E-state index contributed by atoms with van der Waals surface area (Å²) < 4.78 is 35.7. The van der Waals surface area contributed by atoms with Crippen LogP contribution in [0.1, 0.15) is 33.6 Å². The van der Waals surface area contributed by atoms with Crippen LogP contribution in [0.4, 0.5) is 4.39 Å². The van der Waals surface area contributed by atoms with Crippen molar-refractivity contribution in [3.8, 4) is 0 Å². The van der Waals surface area contributed by atoms with E-state index in [0.29, 0.717) is 6.42 Å². The molecule has 1 saturated heterocycles. The van der Waals surface area contributed by atoms with Gasteiger partial charge in [-0.1, -0.05) is 0 Å². The summed E-state index contributed by atoms with van der Waals surface area (Å²) in [6.45, 7) is 3.55. The summed E-state index contributed by atoms with van der Waals surface area (Å²) in [5, 5.41) is 0. The zero-order valence-corrected chi connectivity index (χ0v) is 12.5. The third kappa shape index (κ3) is 2.00. The van der Waals surface area contributed by atoms with Crippen molar-refractivity contribution in [2.24, 2.45) is 5.92 Å². The summed E-state index contributed by atoms with van der Waals surface area (Å²) in [5.74, 6) is -2.02. The van der Waals surface area contributed by atoms with E-state index in [1.807, 2.05) is 0 Å². The first kappa shape index (κ1) is 15.2. The molecule has 3 fully saturated rings. The van der Waals surface area contributed by atoms with Crippen LogP contribution in [0.3, 0.4) is 0 Å². The number of ether oxygens (including phenoxy) is 4. The Morgan fingerprint density at radius 1 is 1.00 bits per heavy atom. The van der Waals surface area contributed by atoms with E-state index in [1.54, 1.807) is 0 Å². The van der Waals surface area contributed by atoms with Gasteiger partial charge >= 0.3 is 17.9 Å². The highest BCUT2D eigenvalue weighted by Crippen LogP contribution is 2.67. The Balaban J connectivity index is 1.92. The molecule has 0 bridgehead atoms. The van der Waals surface area contributed by atoms with E-state index in [2.05, 4.69) is 0 Å². The third-order valence-electron chi connectivity index (χ3n) is 4.47. The highest BCUT2D eigenvalue weighted by atomic mass is 19.1. The monoisotopic (exact) mass is 316 g/mol. The number of rotatable bonds is 3. The number of carbonyl (C=O) groups excluding carboxylic acids is 3. The normalized spacial score (nSPS) is 44.7. The molecule has 0 radical (unpaired) electrons. The molecule has 6 atom stereocenters. The van der Waals surface area contributed by atoms with Crippen LogP contribution >= 0.6 is 0 Å². The van der Waals surface area contributed by atoms with Crippen LogP contribution in [0.25, 0.3) is 0 Å². The van der Waals surface area contributed by atoms with Crippen molar-refractivity contribution in [3.05, 3.63) is 0 Å². The number of fused-ring (bicyclic) bond motifs is 3. The van der Waals surface area contributed by atoms with Crippen molar-refractivity contribution in [1.82, 2.24) is 0 Å². The van der Waals surface area contributed by atoms with Crippen LogP contribution in [0.15, 0.2) is 0 Å². The fourth-order valence-corrected chi connectivity index (χ4v) is 3.84. The minimum absolute atomic E-state index is 0.128. The van der Waals surface area contributed by atoms with Gasteiger partial charge in [-0.3, -0.25) is 14.4 Å². The number of hydrogen-bond acceptors (Lipinski definition) is 7. The molecule has 122 valence electrons. The molecular weight excluding hydrogens is 299 g/mol. The first-order valence-corrected chi connectivity index (χ1v) is 7.07. The lowest BCUT2D eigenvalue weighted by Crippen LogP contribution is -2.51. The zero-order valence-electron chi connectivity index (χ0n) is 12.5. The van der Waals surface area contributed by atoms with Crippen LogP contribution in [0.5, 0.6) is 0 Å². The van der Waals surface area contributed by atoms with E-state index in [-0.39, 0.29) is 12.3 Å². The number of hydrogen-bond donors (Lipinski definition) is 0. The molecule has 7 nitrogen and oxygen atoms in total. The number of esters is 3. The standard InChI is InChI=1S/C14H17FO7/c1-6(16)19-11-10(15)14(22-8(3)18)5-9-4-13(9,12(14)20-11)21-7(2)17/h9-12H,4-5H2,1-3H3/t9-,10+,11?,12+,13+,14-/m0/s1. The second kappa shape index (κ2) is 4.65. The van der Waals surface area contributed by atoms with E-state index in [4.69, 9.17) is 18.9 Å². The lowest BCUT2D eigenvalue weighted by Gasteiger charge is -2.32. The van der Waals surface area contributed by atoms with Crippen molar-refractivity contribution >= 4 is 17.9 Å². The first-order valence-electron chi connectivity index (χ1n) is 7.07. The molecule has 0 spiro atoms. The summed E-state index contributed by atoms with van der Waals surface area (Å²) in [6.07, 6.45) is -3.60. The van der Waals surface area contributed by atoms with Crippen molar-refractivity contribution in [1.29, 1.82) is 0 Å². The Bertz CT molecular complexity index is 549. The predicted octanol–water partition coefficient (Wildman–Crippen LogP) is 0.640. The number of carbonyl (C=O) groups is 3. The van der Waals surface area contributed by atoms with Gasteiger partial charge in [-0.2, -0.15) is 0 Å². The smallest absolute Gasteiger partial charge is 0.305 e. The van der Waals surface area contributed by atoms with E-state index >= 15 is 0 Å². The summed E-state index contributed by atoms with van der Waals surface area (Å²) in [4.78, 5) is 33.8. The van der Waals surface area contributed by atoms with Gasteiger partial charge in [0.15, 0.2) is 5.60 Å². The van der Waals surface area contributed by atoms with E-state index in [0.717, 1.165) is 6.92 Å². The first-order chi connectivity index (χ1) is 10.2. The van der Waals surface area contributed by atoms with E-state index in [9.17, 15) is 18.8 Å². The molecule has 3 rings (SSSR count). The maximum Gasteiger partial charge on any atom is 0.305 e. The fraction of sp³-hybridized carbons (Fsp3) is 0.786. The van der Waals surface area contributed by atoms with Crippen molar-refractivity contribution < 1.29 is 37.7 Å². The maximum absolute atomic E-state index is 14.8.